The lowest BCUT2D eigenvalue weighted by atomic mass is 10.0. The van der Waals surface area contributed by atoms with E-state index in [2.05, 4.69) is 21.2 Å². The summed E-state index contributed by atoms with van der Waals surface area (Å²) >= 11 is 3.35. The zero-order chi connectivity index (χ0) is 15.2. The first kappa shape index (κ1) is 16.0. The van der Waals surface area contributed by atoms with Gasteiger partial charge in [0.25, 0.3) is 0 Å². The summed E-state index contributed by atoms with van der Waals surface area (Å²) in [6.07, 6.45) is 1.95. The Bertz CT molecular complexity index is 514. The van der Waals surface area contributed by atoms with Crippen molar-refractivity contribution in [2.24, 2.45) is 0 Å². The summed E-state index contributed by atoms with van der Waals surface area (Å²) in [4.78, 5) is 23.1. The van der Waals surface area contributed by atoms with Crippen LogP contribution < -0.4 is 5.32 Å². The minimum Gasteiger partial charge on any atom is -0.481 e. The van der Waals surface area contributed by atoms with Crippen molar-refractivity contribution < 1.29 is 19.4 Å². The van der Waals surface area contributed by atoms with Crippen molar-refractivity contribution in [3.8, 4) is 0 Å². The highest BCUT2D eigenvalue weighted by Gasteiger charge is 2.23. The molecule has 1 saturated heterocycles. The Morgan fingerprint density at radius 1 is 1.48 bits per heavy atom. The van der Waals surface area contributed by atoms with Crippen LogP contribution in [0.3, 0.4) is 0 Å². The molecule has 1 heterocycles. The zero-order valence-corrected chi connectivity index (χ0v) is 13.1. The Balaban J connectivity index is 2.01. The van der Waals surface area contributed by atoms with Gasteiger partial charge in [0.2, 0.25) is 5.91 Å². The van der Waals surface area contributed by atoms with Crippen LogP contribution in [-0.2, 0) is 14.3 Å². The van der Waals surface area contributed by atoms with Gasteiger partial charge in [0.15, 0.2) is 0 Å². The summed E-state index contributed by atoms with van der Waals surface area (Å²) in [7, 11) is 0. The first-order chi connectivity index (χ1) is 10.0. The molecule has 0 aliphatic carbocycles. The smallest absolute Gasteiger partial charge is 0.305 e. The van der Waals surface area contributed by atoms with Crippen LogP contribution >= 0.6 is 15.9 Å². The number of amides is 1. The van der Waals surface area contributed by atoms with E-state index in [1.165, 1.54) is 0 Å². The number of nitrogens with one attached hydrogen (secondary N) is 1. The second kappa shape index (κ2) is 7.56. The Kier molecular flexibility index (Phi) is 5.76. The molecule has 0 saturated carbocycles. The molecule has 1 fully saturated rings. The topological polar surface area (TPSA) is 75.6 Å². The average molecular weight is 356 g/mol. The molecule has 114 valence electrons. The number of carbonyl (C=O) groups excluding carboxylic acids is 1. The van der Waals surface area contributed by atoms with Gasteiger partial charge in [-0.1, -0.05) is 28.1 Å². The minimum absolute atomic E-state index is 0.0435. The van der Waals surface area contributed by atoms with E-state index in [9.17, 15) is 9.59 Å². The minimum atomic E-state index is -0.947. The molecule has 0 bridgehead atoms. The van der Waals surface area contributed by atoms with E-state index in [-0.39, 0.29) is 24.9 Å². The Hall–Kier alpha value is -1.40. The molecule has 2 rings (SSSR count). The van der Waals surface area contributed by atoms with Crippen LogP contribution in [0.15, 0.2) is 28.7 Å². The molecule has 6 heteroatoms. The first-order valence-electron chi connectivity index (χ1n) is 6.93. The highest BCUT2D eigenvalue weighted by Crippen LogP contribution is 2.22. The van der Waals surface area contributed by atoms with Crippen molar-refractivity contribution in [1.29, 1.82) is 0 Å². The Morgan fingerprint density at radius 3 is 2.90 bits per heavy atom. The van der Waals surface area contributed by atoms with E-state index in [4.69, 9.17) is 9.84 Å². The summed E-state index contributed by atoms with van der Waals surface area (Å²) < 4.78 is 6.28. The number of carbonyl (C=O) groups is 2. The molecule has 0 spiro atoms. The van der Waals surface area contributed by atoms with Crippen molar-refractivity contribution in [2.75, 3.05) is 6.61 Å². The maximum absolute atomic E-state index is 12.1. The number of hydrogen-bond donors (Lipinski definition) is 2. The van der Waals surface area contributed by atoms with Gasteiger partial charge in [-0.2, -0.15) is 0 Å². The third-order valence-electron chi connectivity index (χ3n) is 3.40. The molecule has 2 unspecified atom stereocenters. The van der Waals surface area contributed by atoms with Gasteiger partial charge < -0.3 is 15.2 Å². The standard InChI is InChI=1S/C15H18BrNO4/c16-11-4-1-3-10(7-11)13(9-15(19)20)17-14(18)8-12-5-2-6-21-12/h1,3-4,7,12-13H,2,5-6,8-9H2,(H,17,18)(H,19,20). The quantitative estimate of drug-likeness (QED) is 0.822. The maximum atomic E-state index is 12.1. The van der Waals surface area contributed by atoms with E-state index in [0.717, 1.165) is 22.9 Å². The molecule has 0 radical (unpaired) electrons. The lowest BCUT2D eigenvalue weighted by Crippen LogP contribution is -2.32. The molecule has 1 aliphatic heterocycles. The lowest BCUT2D eigenvalue weighted by molar-refractivity contribution is -0.137. The summed E-state index contributed by atoms with van der Waals surface area (Å²) in [5.74, 6) is -1.12. The largest absolute Gasteiger partial charge is 0.481 e. The number of rotatable bonds is 6. The maximum Gasteiger partial charge on any atom is 0.305 e. The van der Waals surface area contributed by atoms with Gasteiger partial charge in [-0.15, -0.1) is 0 Å². The number of hydrogen-bond acceptors (Lipinski definition) is 3. The predicted molar refractivity (Wildman–Crippen MR) is 80.9 cm³/mol. The second-order valence-corrected chi connectivity index (χ2v) is 6.03. The van der Waals surface area contributed by atoms with Crippen LogP contribution in [0.1, 0.15) is 37.3 Å². The van der Waals surface area contributed by atoms with E-state index in [0.29, 0.717) is 6.61 Å². The molecule has 2 atom stereocenters. The third-order valence-corrected chi connectivity index (χ3v) is 3.90. The van der Waals surface area contributed by atoms with E-state index < -0.39 is 12.0 Å². The van der Waals surface area contributed by atoms with Gasteiger partial charge >= 0.3 is 5.97 Å². The first-order valence-corrected chi connectivity index (χ1v) is 7.72. The monoisotopic (exact) mass is 355 g/mol. The molecule has 5 nitrogen and oxygen atoms in total. The highest BCUT2D eigenvalue weighted by atomic mass is 79.9. The number of halogens is 1. The van der Waals surface area contributed by atoms with Crippen molar-refractivity contribution in [1.82, 2.24) is 5.32 Å². The fraction of sp³-hybridized carbons (Fsp3) is 0.467. The van der Waals surface area contributed by atoms with Gasteiger partial charge in [-0.05, 0) is 30.5 Å². The molecule has 1 aliphatic rings. The van der Waals surface area contributed by atoms with Crippen LogP contribution in [0, 0.1) is 0 Å². The van der Waals surface area contributed by atoms with Crippen molar-refractivity contribution in [2.45, 2.75) is 37.8 Å². The predicted octanol–water partition coefficient (Wildman–Crippen LogP) is 2.65. The number of ether oxygens (including phenoxy) is 1. The van der Waals surface area contributed by atoms with Gasteiger partial charge in [0, 0.05) is 11.1 Å². The fourth-order valence-electron chi connectivity index (χ4n) is 2.42. The van der Waals surface area contributed by atoms with Crippen molar-refractivity contribution >= 4 is 27.8 Å². The van der Waals surface area contributed by atoms with E-state index in [1.54, 1.807) is 0 Å². The van der Waals surface area contributed by atoms with Crippen LogP contribution in [0.4, 0.5) is 0 Å². The molecule has 1 aromatic rings. The second-order valence-electron chi connectivity index (χ2n) is 5.11. The van der Waals surface area contributed by atoms with Gasteiger partial charge in [-0.25, -0.2) is 0 Å². The molecule has 2 N–H and O–H groups in total. The average Bonchev–Trinajstić information content (AvgIpc) is 2.90. The molecule has 1 aromatic carbocycles. The van der Waals surface area contributed by atoms with Gasteiger partial charge in [0.1, 0.15) is 0 Å². The number of carboxylic acids is 1. The van der Waals surface area contributed by atoms with Crippen LogP contribution in [0.25, 0.3) is 0 Å². The molecule has 1 amide bonds. The summed E-state index contributed by atoms with van der Waals surface area (Å²) in [5.41, 5.74) is 0.771. The number of aliphatic carboxylic acids is 1. The Morgan fingerprint density at radius 2 is 2.29 bits per heavy atom. The van der Waals surface area contributed by atoms with Crippen molar-refractivity contribution in [3.63, 3.8) is 0 Å². The number of carboxylic acid groups (broad SMARTS) is 1. The van der Waals surface area contributed by atoms with Gasteiger partial charge in [-0.3, -0.25) is 9.59 Å². The van der Waals surface area contributed by atoms with Crippen LogP contribution in [-0.4, -0.2) is 29.7 Å². The van der Waals surface area contributed by atoms with E-state index >= 15 is 0 Å². The molecular weight excluding hydrogens is 338 g/mol. The van der Waals surface area contributed by atoms with E-state index in [1.807, 2.05) is 24.3 Å². The molecular formula is C15H18BrNO4. The summed E-state index contributed by atoms with van der Waals surface area (Å²) in [6, 6.07) is 6.77. The fourth-order valence-corrected chi connectivity index (χ4v) is 2.83. The highest BCUT2D eigenvalue weighted by molar-refractivity contribution is 9.10. The third kappa shape index (κ3) is 5.13. The van der Waals surface area contributed by atoms with Crippen LogP contribution in [0.2, 0.25) is 0 Å². The van der Waals surface area contributed by atoms with Gasteiger partial charge in [0.05, 0.1) is 25.0 Å². The lowest BCUT2D eigenvalue weighted by Gasteiger charge is -2.19. The van der Waals surface area contributed by atoms with Crippen LogP contribution in [0.5, 0.6) is 0 Å². The van der Waals surface area contributed by atoms with Crippen molar-refractivity contribution in [3.05, 3.63) is 34.3 Å². The summed E-state index contributed by atoms with van der Waals surface area (Å²) in [5, 5.41) is 11.8. The molecule has 21 heavy (non-hydrogen) atoms. The number of benzene rings is 1. The zero-order valence-electron chi connectivity index (χ0n) is 11.5. The summed E-state index contributed by atoms with van der Waals surface area (Å²) in [6.45, 7) is 0.697. The normalized spacial score (nSPS) is 19.2. The molecule has 0 aromatic heterocycles. The Labute approximate surface area is 131 Å². The SMILES string of the molecule is O=C(O)CC(NC(=O)CC1CCCO1)c1cccc(Br)c1.